The third-order valence-corrected chi connectivity index (χ3v) is 7.37. The highest BCUT2D eigenvalue weighted by Crippen LogP contribution is 2.29. The Hall–Kier alpha value is -3.99. The van der Waals surface area contributed by atoms with Gasteiger partial charge in [0.25, 0.3) is 5.91 Å². The second-order valence-electron chi connectivity index (χ2n) is 10.2. The number of ether oxygens (including phenoxy) is 1. The van der Waals surface area contributed by atoms with Gasteiger partial charge in [-0.3, -0.25) is 14.4 Å². The molecule has 1 aliphatic rings. The zero-order chi connectivity index (χ0) is 29.4. The molecule has 2 heterocycles. The number of benzene rings is 2. The Kier molecular flexibility index (Phi) is 10.3. The predicted octanol–water partition coefficient (Wildman–Crippen LogP) is 4.31. The Morgan fingerprint density at radius 2 is 1.78 bits per heavy atom. The van der Waals surface area contributed by atoms with Crippen LogP contribution in [-0.2, 0) is 16.0 Å². The van der Waals surface area contributed by atoms with E-state index in [1.54, 1.807) is 5.38 Å². The normalized spacial score (nSPS) is 13.3. The number of rotatable bonds is 11. The van der Waals surface area contributed by atoms with Crippen molar-refractivity contribution in [2.75, 3.05) is 56.1 Å². The lowest BCUT2D eigenvalue weighted by Crippen LogP contribution is -2.49. The molecule has 0 unspecified atom stereocenters. The van der Waals surface area contributed by atoms with Gasteiger partial charge in [-0.2, -0.15) is 0 Å². The molecule has 0 aliphatic carbocycles. The lowest BCUT2D eigenvalue weighted by Gasteiger charge is -2.36. The third kappa shape index (κ3) is 8.26. The molecule has 41 heavy (non-hydrogen) atoms. The Morgan fingerprint density at radius 3 is 2.46 bits per heavy atom. The van der Waals surface area contributed by atoms with E-state index in [9.17, 15) is 18.8 Å². The number of carbonyl (C=O) groups is 3. The number of hydrogen-bond donors (Lipinski definition) is 1. The summed E-state index contributed by atoms with van der Waals surface area (Å²) in [6, 6.07) is 13.2. The van der Waals surface area contributed by atoms with Crippen LogP contribution in [0.15, 0.2) is 53.9 Å². The zero-order valence-corrected chi connectivity index (χ0v) is 24.5. The van der Waals surface area contributed by atoms with E-state index >= 15 is 0 Å². The predicted molar refractivity (Wildman–Crippen MR) is 158 cm³/mol. The molecule has 0 bridgehead atoms. The molecule has 9 nitrogen and oxygen atoms in total. The fourth-order valence-electron chi connectivity index (χ4n) is 4.67. The minimum Gasteiger partial charge on any atom is -0.492 e. The number of para-hydroxylation sites is 2. The van der Waals surface area contributed by atoms with Crippen molar-refractivity contribution in [3.63, 3.8) is 0 Å². The highest BCUT2D eigenvalue weighted by molar-refractivity contribution is 7.13. The van der Waals surface area contributed by atoms with Crippen molar-refractivity contribution < 1.29 is 23.5 Å². The van der Waals surface area contributed by atoms with Crippen LogP contribution in [0, 0.1) is 11.7 Å². The van der Waals surface area contributed by atoms with Crippen molar-refractivity contribution in [2.45, 2.75) is 27.2 Å². The van der Waals surface area contributed by atoms with Gasteiger partial charge >= 0.3 is 0 Å². The summed E-state index contributed by atoms with van der Waals surface area (Å²) in [6.45, 7) is 9.26. The van der Waals surface area contributed by atoms with E-state index in [1.807, 2.05) is 49.9 Å². The SMILES string of the molecule is CCOc1ccccc1N1CCN(C(=O)Cc2csc(NC(=O)CN(CC(C)C)C(=O)c3ccc(F)cc3)n2)CC1. The maximum atomic E-state index is 13.3. The first-order valence-electron chi connectivity index (χ1n) is 13.8. The number of carbonyl (C=O) groups excluding carboxylic acids is 3. The number of halogens is 1. The molecule has 3 aromatic rings. The highest BCUT2D eigenvalue weighted by Gasteiger charge is 2.24. The molecule has 1 fully saturated rings. The number of nitrogens with zero attached hydrogens (tertiary/aromatic N) is 4. The van der Waals surface area contributed by atoms with Crippen molar-refractivity contribution in [3.8, 4) is 5.75 Å². The van der Waals surface area contributed by atoms with Crippen molar-refractivity contribution in [1.82, 2.24) is 14.8 Å². The number of aromatic nitrogens is 1. The van der Waals surface area contributed by atoms with Gasteiger partial charge < -0.3 is 24.8 Å². The maximum absolute atomic E-state index is 13.3. The van der Waals surface area contributed by atoms with Crippen LogP contribution in [0.25, 0.3) is 0 Å². The van der Waals surface area contributed by atoms with Crippen LogP contribution in [0.5, 0.6) is 5.75 Å². The first-order valence-corrected chi connectivity index (χ1v) is 14.6. The molecule has 0 radical (unpaired) electrons. The summed E-state index contributed by atoms with van der Waals surface area (Å²) in [5.41, 5.74) is 1.93. The van der Waals surface area contributed by atoms with E-state index in [0.717, 1.165) is 11.4 Å². The van der Waals surface area contributed by atoms with Crippen molar-refractivity contribution in [3.05, 3.63) is 71.0 Å². The molecule has 0 saturated carbocycles. The molecule has 1 N–H and O–H groups in total. The van der Waals surface area contributed by atoms with Crippen LogP contribution >= 0.6 is 11.3 Å². The fourth-order valence-corrected chi connectivity index (χ4v) is 5.40. The van der Waals surface area contributed by atoms with Crippen LogP contribution in [0.1, 0.15) is 36.8 Å². The molecular weight excluding hydrogens is 545 g/mol. The molecule has 3 amide bonds. The maximum Gasteiger partial charge on any atom is 0.254 e. The molecule has 1 saturated heterocycles. The molecule has 0 spiro atoms. The van der Waals surface area contributed by atoms with Gasteiger partial charge in [-0.25, -0.2) is 9.37 Å². The standard InChI is InChI=1S/C30H36FN5O4S/c1-4-40-26-8-6-5-7-25(26)34-13-15-35(16-14-34)28(38)17-24-20-41-30(32-24)33-27(37)19-36(18-21(2)3)29(39)22-9-11-23(31)12-10-22/h5-12,20-21H,4,13-19H2,1-3H3,(H,32,33,37). The number of anilines is 2. The summed E-state index contributed by atoms with van der Waals surface area (Å²) >= 11 is 1.24. The second kappa shape index (κ2) is 14.1. The van der Waals surface area contributed by atoms with Crippen molar-refractivity contribution in [2.24, 2.45) is 5.92 Å². The number of nitrogens with one attached hydrogen (secondary N) is 1. The van der Waals surface area contributed by atoms with Gasteiger partial charge in [0.15, 0.2) is 5.13 Å². The summed E-state index contributed by atoms with van der Waals surface area (Å²) in [6.07, 6.45) is 0.143. The average Bonchev–Trinajstić information content (AvgIpc) is 3.39. The minimum absolute atomic E-state index is 0.0149. The van der Waals surface area contributed by atoms with E-state index in [-0.39, 0.29) is 30.7 Å². The average molecular weight is 582 g/mol. The van der Waals surface area contributed by atoms with E-state index in [1.165, 1.54) is 40.5 Å². The van der Waals surface area contributed by atoms with E-state index < -0.39 is 11.7 Å². The highest BCUT2D eigenvalue weighted by atomic mass is 32.1. The number of piperazine rings is 1. The first kappa shape index (κ1) is 30.0. The molecule has 0 atom stereocenters. The van der Waals surface area contributed by atoms with Crippen LogP contribution < -0.4 is 15.0 Å². The smallest absolute Gasteiger partial charge is 0.254 e. The van der Waals surface area contributed by atoms with Gasteiger partial charge in [-0.05, 0) is 49.2 Å². The Labute approximate surface area is 243 Å². The Bertz CT molecular complexity index is 1340. The van der Waals surface area contributed by atoms with Gasteiger partial charge in [-0.1, -0.05) is 26.0 Å². The van der Waals surface area contributed by atoms with Crippen molar-refractivity contribution in [1.29, 1.82) is 0 Å². The largest absolute Gasteiger partial charge is 0.492 e. The molecule has 1 aromatic heterocycles. The number of hydrogen-bond acceptors (Lipinski definition) is 7. The second-order valence-corrected chi connectivity index (χ2v) is 11.1. The van der Waals surface area contributed by atoms with Crippen LogP contribution in [0.3, 0.4) is 0 Å². The van der Waals surface area contributed by atoms with Crippen LogP contribution in [-0.4, -0.2) is 78.4 Å². The Morgan fingerprint density at radius 1 is 1.07 bits per heavy atom. The van der Waals surface area contributed by atoms with Gasteiger partial charge in [0.2, 0.25) is 11.8 Å². The van der Waals surface area contributed by atoms with Crippen LogP contribution in [0.4, 0.5) is 15.2 Å². The molecule has 11 heteroatoms. The van der Waals surface area contributed by atoms with Crippen LogP contribution in [0.2, 0.25) is 0 Å². The molecule has 2 aromatic carbocycles. The van der Waals surface area contributed by atoms with Crippen molar-refractivity contribution >= 4 is 39.9 Å². The van der Waals surface area contributed by atoms with Gasteiger partial charge in [0.05, 0.1) is 24.4 Å². The van der Waals surface area contributed by atoms with E-state index in [4.69, 9.17) is 4.74 Å². The van der Waals surface area contributed by atoms with Gasteiger partial charge in [-0.15, -0.1) is 11.3 Å². The number of thiazole rings is 1. The Balaban J connectivity index is 1.29. The van der Waals surface area contributed by atoms with Gasteiger partial charge in [0, 0.05) is 43.7 Å². The monoisotopic (exact) mass is 581 g/mol. The lowest BCUT2D eigenvalue weighted by atomic mass is 10.1. The molecule has 4 rings (SSSR count). The topological polar surface area (TPSA) is 95.1 Å². The summed E-state index contributed by atoms with van der Waals surface area (Å²) in [7, 11) is 0. The molecular formula is C30H36FN5O4S. The van der Waals surface area contributed by atoms with Gasteiger partial charge in [0.1, 0.15) is 18.1 Å². The van der Waals surface area contributed by atoms with E-state index in [2.05, 4.69) is 15.2 Å². The first-order chi connectivity index (χ1) is 19.7. The molecule has 1 aliphatic heterocycles. The lowest BCUT2D eigenvalue weighted by molar-refractivity contribution is -0.130. The quantitative estimate of drug-likeness (QED) is 0.363. The minimum atomic E-state index is -0.432. The summed E-state index contributed by atoms with van der Waals surface area (Å²) in [4.78, 5) is 48.7. The van der Waals surface area contributed by atoms with E-state index in [0.29, 0.717) is 55.7 Å². The fraction of sp³-hybridized carbons (Fsp3) is 0.400. The zero-order valence-electron chi connectivity index (χ0n) is 23.6. The third-order valence-electron chi connectivity index (χ3n) is 6.57. The summed E-state index contributed by atoms with van der Waals surface area (Å²) in [5, 5.41) is 4.88. The molecule has 218 valence electrons. The number of amides is 3. The summed E-state index contributed by atoms with van der Waals surface area (Å²) in [5.74, 6) is -0.209. The summed E-state index contributed by atoms with van der Waals surface area (Å²) < 4.78 is 19.0.